The summed E-state index contributed by atoms with van der Waals surface area (Å²) in [5.74, 6) is 2.74. The molecule has 258 valence electrons. The molecule has 0 aromatic heterocycles. The van der Waals surface area contributed by atoms with E-state index in [0.717, 1.165) is 22.3 Å². The Morgan fingerprint density at radius 1 is 0.510 bits per heavy atom. The first kappa shape index (κ1) is 34.8. The molecular formula is C45H42O6. The maximum absolute atomic E-state index is 13.8. The molecule has 0 aliphatic carbocycles. The lowest BCUT2D eigenvalue weighted by Crippen LogP contribution is -2.26. The van der Waals surface area contributed by atoms with E-state index in [0.29, 0.717) is 66.3 Å². The zero-order valence-electron chi connectivity index (χ0n) is 29.0. The molecule has 1 atom stereocenters. The number of fused-ring (bicyclic) bond motifs is 1. The third-order valence-electron chi connectivity index (χ3n) is 8.26. The van der Waals surface area contributed by atoms with Gasteiger partial charge in [0.15, 0.2) is 23.4 Å². The first-order chi connectivity index (χ1) is 25.2. The summed E-state index contributed by atoms with van der Waals surface area (Å²) in [6.45, 7) is 5.45. The molecule has 0 fully saturated rings. The SMILES string of the molecule is CC.O=C1Cc2c(OCc3ccccc3)cc(OCc3ccccc3)cc2OC1c1ccc(OCc2ccccc2)c(OCc2ccccc2)c1. The Labute approximate surface area is 300 Å². The molecule has 1 heterocycles. The largest absolute Gasteiger partial charge is 0.489 e. The van der Waals surface area contributed by atoms with Crippen LogP contribution in [-0.2, 0) is 37.6 Å². The number of ketones is 1. The molecule has 1 unspecified atom stereocenters. The molecule has 0 N–H and O–H groups in total. The van der Waals surface area contributed by atoms with Crippen LogP contribution in [0.3, 0.4) is 0 Å². The Hall–Kier alpha value is -6.01. The van der Waals surface area contributed by atoms with Crippen molar-refractivity contribution in [2.24, 2.45) is 0 Å². The van der Waals surface area contributed by atoms with E-state index in [1.54, 1.807) is 0 Å². The van der Waals surface area contributed by atoms with Gasteiger partial charge >= 0.3 is 0 Å². The molecule has 51 heavy (non-hydrogen) atoms. The lowest BCUT2D eigenvalue weighted by molar-refractivity contribution is -0.126. The van der Waals surface area contributed by atoms with Crippen molar-refractivity contribution in [2.75, 3.05) is 0 Å². The van der Waals surface area contributed by atoms with Crippen molar-refractivity contribution in [1.82, 2.24) is 0 Å². The number of rotatable bonds is 13. The van der Waals surface area contributed by atoms with Gasteiger partial charge in [0.2, 0.25) is 0 Å². The van der Waals surface area contributed by atoms with Gasteiger partial charge in [-0.2, -0.15) is 0 Å². The minimum absolute atomic E-state index is 0.0815. The van der Waals surface area contributed by atoms with Crippen LogP contribution in [0.1, 0.15) is 53.3 Å². The Morgan fingerprint density at radius 2 is 0.961 bits per heavy atom. The van der Waals surface area contributed by atoms with Gasteiger partial charge in [0.25, 0.3) is 0 Å². The maximum atomic E-state index is 13.8. The van der Waals surface area contributed by atoms with Gasteiger partial charge < -0.3 is 23.7 Å². The zero-order chi connectivity index (χ0) is 35.3. The Kier molecular flexibility index (Phi) is 12.0. The zero-order valence-corrected chi connectivity index (χ0v) is 29.0. The average molecular weight is 679 g/mol. The molecular weight excluding hydrogens is 636 g/mol. The van der Waals surface area contributed by atoms with Gasteiger partial charge in [-0.1, -0.05) is 141 Å². The second-order valence-electron chi connectivity index (χ2n) is 11.8. The summed E-state index contributed by atoms with van der Waals surface area (Å²) in [5, 5.41) is 0. The highest BCUT2D eigenvalue weighted by Crippen LogP contribution is 2.43. The number of benzene rings is 6. The summed E-state index contributed by atoms with van der Waals surface area (Å²) in [6.07, 6.45) is -0.698. The van der Waals surface area contributed by atoms with Gasteiger partial charge in [-0.05, 0) is 34.4 Å². The third kappa shape index (κ3) is 9.37. The van der Waals surface area contributed by atoms with Crippen LogP contribution < -0.4 is 23.7 Å². The second-order valence-corrected chi connectivity index (χ2v) is 11.8. The molecule has 0 saturated carbocycles. The number of carbonyl (C=O) groups excluding carboxylic acids is 1. The fourth-order valence-corrected chi connectivity index (χ4v) is 5.67. The van der Waals surface area contributed by atoms with Crippen molar-refractivity contribution in [3.8, 4) is 28.7 Å². The summed E-state index contributed by atoms with van der Waals surface area (Å²) < 4.78 is 31.5. The molecule has 6 aromatic carbocycles. The van der Waals surface area contributed by atoms with Gasteiger partial charge in [-0.15, -0.1) is 0 Å². The first-order valence-corrected chi connectivity index (χ1v) is 17.3. The Balaban J connectivity index is 0.00000220. The summed E-state index contributed by atoms with van der Waals surface area (Å²) in [4.78, 5) is 13.8. The smallest absolute Gasteiger partial charge is 0.182 e. The number of hydrogen-bond donors (Lipinski definition) is 0. The van der Waals surface area contributed by atoms with E-state index in [2.05, 4.69) is 0 Å². The topological polar surface area (TPSA) is 63.2 Å². The minimum atomic E-state index is -0.846. The van der Waals surface area contributed by atoms with Crippen LogP contribution in [0.2, 0.25) is 0 Å². The van der Waals surface area contributed by atoms with Gasteiger partial charge in [-0.25, -0.2) is 0 Å². The van der Waals surface area contributed by atoms with E-state index in [9.17, 15) is 4.79 Å². The Morgan fingerprint density at radius 3 is 1.47 bits per heavy atom. The van der Waals surface area contributed by atoms with E-state index < -0.39 is 6.10 Å². The van der Waals surface area contributed by atoms with Crippen molar-refractivity contribution in [3.05, 3.63) is 185 Å². The van der Waals surface area contributed by atoms with Crippen molar-refractivity contribution in [3.63, 3.8) is 0 Å². The van der Waals surface area contributed by atoms with Crippen molar-refractivity contribution in [2.45, 2.75) is 52.8 Å². The molecule has 7 rings (SSSR count). The molecule has 0 bridgehead atoms. The van der Waals surface area contributed by atoms with Crippen molar-refractivity contribution >= 4 is 5.78 Å². The normalized spacial score (nSPS) is 13.1. The first-order valence-electron chi connectivity index (χ1n) is 17.3. The molecule has 0 amide bonds. The lowest BCUT2D eigenvalue weighted by atomic mass is 9.95. The van der Waals surface area contributed by atoms with E-state index >= 15 is 0 Å². The lowest BCUT2D eigenvalue weighted by Gasteiger charge is -2.28. The summed E-state index contributed by atoms with van der Waals surface area (Å²) in [5.41, 5.74) is 5.50. The molecule has 0 saturated heterocycles. The van der Waals surface area contributed by atoms with Crippen LogP contribution in [0.15, 0.2) is 152 Å². The van der Waals surface area contributed by atoms with Gasteiger partial charge in [-0.3, -0.25) is 4.79 Å². The summed E-state index contributed by atoms with van der Waals surface area (Å²) in [6, 6.07) is 49.0. The van der Waals surface area contributed by atoms with Crippen molar-refractivity contribution in [1.29, 1.82) is 0 Å². The fourth-order valence-electron chi connectivity index (χ4n) is 5.67. The maximum Gasteiger partial charge on any atom is 0.182 e. The predicted molar refractivity (Wildman–Crippen MR) is 199 cm³/mol. The Bertz CT molecular complexity index is 1980. The van der Waals surface area contributed by atoms with Gasteiger partial charge in [0.05, 0.1) is 0 Å². The second kappa shape index (κ2) is 17.6. The quantitative estimate of drug-likeness (QED) is 0.121. The fraction of sp³-hybridized carbons (Fsp3) is 0.178. The molecule has 0 spiro atoms. The van der Waals surface area contributed by atoms with Gasteiger partial charge in [0.1, 0.15) is 43.7 Å². The van der Waals surface area contributed by atoms with Crippen LogP contribution in [0.5, 0.6) is 28.7 Å². The third-order valence-corrected chi connectivity index (χ3v) is 8.26. The number of ether oxygens (including phenoxy) is 5. The van der Waals surface area contributed by atoms with E-state index in [1.807, 2.05) is 166 Å². The molecule has 6 heteroatoms. The molecule has 1 aliphatic heterocycles. The monoisotopic (exact) mass is 678 g/mol. The number of Topliss-reactive ketones (excluding diaryl/α,β-unsaturated/α-hetero) is 1. The summed E-state index contributed by atoms with van der Waals surface area (Å²) >= 11 is 0. The molecule has 6 aromatic rings. The highest BCUT2D eigenvalue weighted by atomic mass is 16.5. The van der Waals surface area contributed by atoms with Crippen LogP contribution in [-0.4, -0.2) is 5.78 Å². The highest BCUT2D eigenvalue weighted by molar-refractivity contribution is 5.90. The van der Waals surface area contributed by atoms with E-state index in [4.69, 9.17) is 23.7 Å². The van der Waals surface area contributed by atoms with Gasteiger partial charge in [0, 0.05) is 29.7 Å². The predicted octanol–water partition coefficient (Wildman–Crippen LogP) is 10.3. The minimum Gasteiger partial charge on any atom is -0.489 e. The van der Waals surface area contributed by atoms with Crippen LogP contribution in [0.25, 0.3) is 0 Å². The number of carbonyl (C=O) groups is 1. The van der Waals surface area contributed by atoms with Crippen molar-refractivity contribution < 1.29 is 28.5 Å². The number of hydrogen-bond acceptors (Lipinski definition) is 6. The molecule has 6 nitrogen and oxygen atoms in total. The molecule has 0 radical (unpaired) electrons. The molecule has 1 aliphatic rings. The van der Waals surface area contributed by atoms with Crippen LogP contribution in [0.4, 0.5) is 0 Å². The van der Waals surface area contributed by atoms with Crippen LogP contribution >= 0.6 is 0 Å². The van der Waals surface area contributed by atoms with E-state index in [1.165, 1.54) is 0 Å². The average Bonchev–Trinajstić information content (AvgIpc) is 3.20. The highest BCUT2D eigenvalue weighted by Gasteiger charge is 2.33. The van der Waals surface area contributed by atoms with E-state index in [-0.39, 0.29) is 12.2 Å². The summed E-state index contributed by atoms with van der Waals surface area (Å²) in [7, 11) is 0. The standard InChI is InChI=1S/C43H36O6.C2H6/c44-38-26-37-40(47-29-33-17-9-3-10-18-33)24-36(45-27-31-13-5-1-6-14-31)25-41(37)49-43(38)35-21-22-39(46-28-32-15-7-2-8-16-32)42(23-35)48-30-34-19-11-4-12-20-34;1-2/h1-25,43H,26-30H2;1-2H3. The van der Waals surface area contributed by atoms with Crippen LogP contribution in [0, 0.1) is 0 Å².